The molecule has 0 fully saturated rings. The summed E-state index contributed by atoms with van der Waals surface area (Å²) in [7, 11) is -1.64. The zero-order valence-electron chi connectivity index (χ0n) is 41.9. The van der Waals surface area contributed by atoms with Crippen LogP contribution >= 0.6 is 8.53 Å². The maximum atomic E-state index is 13.4. The molecule has 0 spiro atoms. The second-order valence-electron chi connectivity index (χ2n) is 15.9. The highest BCUT2D eigenvalue weighted by molar-refractivity contribution is 7.44. The Bertz CT molecular complexity index is 1150. The largest absolute Gasteiger partial charge is 0.380 e. The minimum absolute atomic E-state index is 0.0615. The highest BCUT2D eigenvalue weighted by Crippen LogP contribution is 2.47. The molecule has 0 aromatic carbocycles. The van der Waals surface area contributed by atoms with Gasteiger partial charge in [-0.2, -0.15) is 5.26 Å². The first-order valence-electron chi connectivity index (χ1n) is 24.2. The van der Waals surface area contributed by atoms with Crippen LogP contribution in [0.2, 0.25) is 0 Å². The van der Waals surface area contributed by atoms with Crippen molar-refractivity contribution in [2.24, 2.45) is 5.41 Å². The minimum atomic E-state index is -1.64. The smallest absolute Gasteiger partial charge is 0.259 e. The van der Waals surface area contributed by atoms with Crippen LogP contribution in [-0.2, 0) is 61.3 Å². The number of ether oxygens (including phenoxy) is 8. The van der Waals surface area contributed by atoms with Crippen LogP contribution in [0.3, 0.4) is 0 Å². The third-order valence-electron chi connectivity index (χ3n) is 9.72. The molecule has 0 aliphatic heterocycles. The molecule has 0 heterocycles. The molecule has 382 valence electrons. The van der Waals surface area contributed by atoms with Crippen molar-refractivity contribution in [3.63, 3.8) is 0 Å². The van der Waals surface area contributed by atoms with E-state index in [2.05, 4.69) is 54.4 Å². The maximum Gasteiger partial charge on any atom is 0.259 e. The van der Waals surface area contributed by atoms with E-state index in [1.807, 2.05) is 41.5 Å². The molecule has 3 N–H and O–H groups in total. The number of amides is 3. The van der Waals surface area contributed by atoms with Crippen molar-refractivity contribution in [1.29, 1.82) is 5.26 Å². The Morgan fingerprint density at radius 1 is 0.554 bits per heavy atom. The van der Waals surface area contributed by atoms with Crippen molar-refractivity contribution in [2.75, 3.05) is 98.9 Å². The van der Waals surface area contributed by atoms with Crippen LogP contribution in [0.5, 0.6) is 0 Å². The van der Waals surface area contributed by atoms with Crippen LogP contribution in [0.1, 0.15) is 140 Å². The van der Waals surface area contributed by atoms with Crippen molar-refractivity contribution in [2.45, 2.75) is 171 Å². The van der Waals surface area contributed by atoms with Crippen molar-refractivity contribution in [3.05, 3.63) is 0 Å². The number of carbonyl (C=O) groups is 3. The SMILES string of the molecule is CCOC(CCCNC(=O)CCOCC(CCC(=O)NCCCC(OCC)OCC)(COCCC(=O)NCCCC(OCC)OCC)COP(OCCC#N)N(C(C)C)C(C)C)OCC. The molecule has 0 aromatic heterocycles. The molecule has 0 aliphatic carbocycles. The summed E-state index contributed by atoms with van der Waals surface area (Å²) in [5, 5.41) is 18.2. The summed E-state index contributed by atoms with van der Waals surface area (Å²) >= 11 is 0. The van der Waals surface area contributed by atoms with Gasteiger partial charge in [-0.1, -0.05) is 0 Å². The zero-order chi connectivity index (χ0) is 48.6. The van der Waals surface area contributed by atoms with E-state index < -0.39 is 13.9 Å². The molecule has 0 rings (SSSR count). The summed E-state index contributed by atoms with van der Waals surface area (Å²) in [6.07, 6.45) is 3.98. The normalized spacial score (nSPS) is 12.5. The molecule has 19 heteroatoms. The lowest BCUT2D eigenvalue weighted by molar-refractivity contribution is -0.140. The fourth-order valence-corrected chi connectivity index (χ4v) is 8.37. The lowest BCUT2D eigenvalue weighted by atomic mass is 9.85. The van der Waals surface area contributed by atoms with Gasteiger partial charge in [0.2, 0.25) is 17.7 Å². The first-order valence-corrected chi connectivity index (χ1v) is 25.3. The van der Waals surface area contributed by atoms with Crippen LogP contribution in [0.4, 0.5) is 0 Å². The Morgan fingerprint density at radius 2 is 0.923 bits per heavy atom. The van der Waals surface area contributed by atoms with Crippen molar-refractivity contribution in [1.82, 2.24) is 20.6 Å². The van der Waals surface area contributed by atoms with Gasteiger partial charge in [0.1, 0.15) is 0 Å². The van der Waals surface area contributed by atoms with Crippen LogP contribution in [-0.4, -0.2) is 152 Å². The lowest BCUT2D eigenvalue weighted by Crippen LogP contribution is -2.41. The van der Waals surface area contributed by atoms with Gasteiger partial charge in [0.25, 0.3) is 8.53 Å². The Morgan fingerprint density at radius 3 is 1.26 bits per heavy atom. The average molecular weight is 952 g/mol. The van der Waals surface area contributed by atoms with E-state index in [1.54, 1.807) is 0 Å². The molecule has 3 amide bonds. The van der Waals surface area contributed by atoms with Crippen molar-refractivity contribution >= 4 is 26.2 Å². The predicted molar refractivity (Wildman–Crippen MR) is 252 cm³/mol. The molecule has 0 radical (unpaired) electrons. The summed E-state index contributed by atoms with van der Waals surface area (Å²) < 4.78 is 61.3. The van der Waals surface area contributed by atoms with Crippen molar-refractivity contribution < 1.29 is 61.3 Å². The van der Waals surface area contributed by atoms with Crippen LogP contribution in [0.25, 0.3) is 0 Å². The third kappa shape index (κ3) is 33.1. The monoisotopic (exact) mass is 952 g/mol. The number of nitriles is 1. The van der Waals surface area contributed by atoms with E-state index >= 15 is 0 Å². The Hall–Kier alpha value is -2.11. The molecular formula is C46H90N5O13P. The number of rotatable bonds is 46. The Kier molecular flexibility index (Phi) is 40.7. The molecule has 0 aromatic rings. The highest BCUT2D eigenvalue weighted by atomic mass is 31.2. The van der Waals surface area contributed by atoms with Gasteiger partial charge in [0.05, 0.1) is 52.1 Å². The standard InChI is InChI=1S/C46H90N5O13P/c1-11-57-43(58-12-2)21-17-29-48-40(52)24-27-46(37-64-65(63-32-20-28-47)51(38(7)8)39(9)10,35-55-33-25-41(53)49-30-18-22-44(59-13-3)60-14-4)36-56-34-26-42(54)50-31-19-23-45(61-15-5)62-16-6/h38-39,43-45H,11-27,29-37H2,1-10H3,(H,48,52)(H,49,53)(H,50,54). The van der Waals surface area contributed by atoms with Gasteiger partial charge in [-0.25, -0.2) is 4.67 Å². The fourth-order valence-electron chi connectivity index (χ4n) is 6.65. The van der Waals surface area contributed by atoms with Crippen molar-refractivity contribution in [3.8, 4) is 6.07 Å². The van der Waals surface area contributed by atoms with Gasteiger partial charge < -0.3 is 62.9 Å². The Labute approximate surface area is 393 Å². The number of carbonyl (C=O) groups excluding carboxylic acids is 3. The van der Waals surface area contributed by atoms with Gasteiger partial charge in [0.15, 0.2) is 18.9 Å². The van der Waals surface area contributed by atoms with Gasteiger partial charge in [-0.15, -0.1) is 0 Å². The van der Waals surface area contributed by atoms with Gasteiger partial charge >= 0.3 is 0 Å². The van der Waals surface area contributed by atoms with E-state index in [9.17, 15) is 19.6 Å². The van der Waals surface area contributed by atoms with Crippen LogP contribution in [0, 0.1) is 16.7 Å². The molecular weight excluding hydrogens is 862 g/mol. The highest BCUT2D eigenvalue weighted by Gasteiger charge is 2.36. The first kappa shape index (κ1) is 62.9. The van der Waals surface area contributed by atoms with E-state index in [0.717, 1.165) is 0 Å². The summed E-state index contributed by atoms with van der Waals surface area (Å²) in [6, 6.07) is 2.26. The molecule has 1 unspecified atom stereocenters. The maximum absolute atomic E-state index is 13.4. The fraction of sp³-hybridized carbons (Fsp3) is 0.913. The molecule has 65 heavy (non-hydrogen) atoms. The predicted octanol–water partition coefficient (Wildman–Crippen LogP) is 6.75. The molecule has 0 saturated heterocycles. The quantitative estimate of drug-likeness (QED) is 0.0328. The lowest BCUT2D eigenvalue weighted by Gasteiger charge is -2.39. The molecule has 1 atom stereocenters. The van der Waals surface area contributed by atoms with E-state index in [4.69, 9.17) is 46.9 Å². The van der Waals surface area contributed by atoms with Gasteiger partial charge in [-0.05, 0) is 94.9 Å². The second-order valence-corrected chi connectivity index (χ2v) is 17.4. The number of nitrogens with zero attached hydrogens (tertiary/aromatic N) is 2. The zero-order valence-corrected chi connectivity index (χ0v) is 42.8. The van der Waals surface area contributed by atoms with Crippen LogP contribution < -0.4 is 16.0 Å². The molecule has 0 bridgehead atoms. The van der Waals surface area contributed by atoms with Crippen LogP contribution in [0.15, 0.2) is 0 Å². The van der Waals surface area contributed by atoms with Gasteiger partial charge in [0, 0.05) is 115 Å². The molecule has 0 saturated carbocycles. The topological polar surface area (TPSA) is 207 Å². The third-order valence-corrected chi connectivity index (χ3v) is 11.8. The summed E-state index contributed by atoms with van der Waals surface area (Å²) in [5.74, 6) is -0.458. The molecule has 0 aliphatic rings. The minimum Gasteiger partial charge on any atom is -0.380 e. The number of hydrogen-bond acceptors (Lipinski definition) is 15. The average Bonchev–Trinajstić information content (AvgIpc) is 3.26. The summed E-state index contributed by atoms with van der Waals surface area (Å²) in [6.45, 7) is 25.1. The summed E-state index contributed by atoms with van der Waals surface area (Å²) in [5.41, 5.74) is -0.890. The first-order chi connectivity index (χ1) is 31.3. The number of nitrogens with one attached hydrogen (secondary N) is 3. The number of hydrogen-bond donors (Lipinski definition) is 3. The summed E-state index contributed by atoms with van der Waals surface area (Å²) in [4.78, 5) is 39.1. The Balaban J connectivity index is 6.14. The second kappa shape index (κ2) is 42.0. The van der Waals surface area contributed by atoms with E-state index in [-0.39, 0.29) is 114 Å². The van der Waals surface area contributed by atoms with E-state index in [1.165, 1.54) is 0 Å². The van der Waals surface area contributed by atoms with Gasteiger partial charge in [-0.3, -0.25) is 14.4 Å². The van der Waals surface area contributed by atoms with E-state index in [0.29, 0.717) is 104 Å². The molecule has 18 nitrogen and oxygen atoms in total.